The molecule has 20 heavy (non-hydrogen) atoms. The first-order valence-corrected chi connectivity index (χ1v) is 6.89. The van der Waals surface area contributed by atoms with Gasteiger partial charge in [0.1, 0.15) is 6.54 Å². The SMILES string of the molecule is C[NH+](CC(=O)Nc1c(Cl)cccc1Cl)Cc1ccco1. The van der Waals surface area contributed by atoms with E-state index in [1.54, 1.807) is 24.5 Å². The lowest BCUT2D eigenvalue weighted by molar-refractivity contribution is -0.886. The monoisotopic (exact) mass is 313 g/mol. The van der Waals surface area contributed by atoms with Crippen LogP contribution < -0.4 is 10.2 Å². The van der Waals surface area contributed by atoms with Gasteiger partial charge in [-0.3, -0.25) is 4.79 Å². The summed E-state index contributed by atoms with van der Waals surface area (Å²) >= 11 is 12.0. The van der Waals surface area contributed by atoms with Crippen LogP contribution in [0.4, 0.5) is 5.69 Å². The number of para-hydroxylation sites is 1. The molecule has 0 aliphatic carbocycles. The molecule has 0 spiro atoms. The molecule has 0 radical (unpaired) electrons. The normalized spacial score (nSPS) is 12.2. The van der Waals surface area contributed by atoms with Gasteiger partial charge in [-0.1, -0.05) is 29.3 Å². The highest BCUT2D eigenvalue weighted by Crippen LogP contribution is 2.29. The predicted octanol–water partition coefficient (Wildman–Crippen LogP) is 2.24. The highest BCUT2D eigenvalue weighted by atomic mass is 35.5. The second kappa shape index (κ2) is 6.79. The van der Waals surface area contributed by atoms with Crippen molar-refractivity contribution in [3.8, 4) is 0 Å². The molecule has 1 aromatic carbocycles. The minimum absolute atomic E-state index is 0.149. The van der Waals surface area contributed by atoms with Crippen molar-refractivity contribution in [2.75, 3.05) is 18.9 Å². The Morgan fingerprint density at radius 3 is 2.55 bits per heavy atom. The van der Waals surface area contributed by atoms with Crippen molar-refractivity contribution in [3.05, 3.63) is 52.4 Å². The summed E-state index contributed by atoms with van der Waals surface area (Å²) in [5.41, 5.74) is 0.451. The number of quaternary nitrogens is 1. The number of rotatable bonds is 5. The van der Waals surface area contributed by atoms with Gasteiger partial charge < -0.3 is 14.6 Å². The largest absolute Gasteiger partial charge is 0.463 e. The van der Waals surface area contributed by atoms with Gasteiger partial charge in [0.2, 0.25) is 0 Å². The zero-order valence-electron chi connectivity index (χ0n) is 11.0. The molecule has 1 atom stereocenters. The summed E-state index contributed by atoms with van der Waals surface area (Å²) in [7, 11) is 1.91. The highest BCUT2D eigenvalue weighted by Gasteiger charge is 2.14. The summed E-state index contributed by atoms with van der Waals surface area (Å²) in [4.78, 5) is 13.0. The van der Waals surface area contributed by atoms with Crippen LogP contribution in [-0.4, -0.2) is 19.5 Å². The first-order chi connectivity index (χ1) is 9.56. The Hall–Kier alpha value is -1.49. The number of likely N-dealkylation sites (N-methyl/N-ethyl adjacent to an activating group) is 1. The Morgan fingerprint density at radius 1 is 1.25 bits per heavy atom. The molecule has 1 aromatic heterocycles. The number of amides is 1. The number of furan rings is 1. The van der Waals surface area contributed by atoms with Gasteiger partial charge in [0.25, 0.3) is 5.91 Å². The number of benzene rings is 1. The van der Waals surface area contributed by atoms with Crippen molar-refractivity contribution >= 4 is 34.8 Å². The fourth-order valence-corrected chi connectivity index (χ4v) is 2.34. The number of carbonyl (C=O) groups is 1. The Bertz CT molecular complexity index is 565. The molecule has 0 fully saturated rings. The maximum Gasteiger partial charge on any atom is 0.279 e. The van der Waals surface area contributed by atoms with Crippen LogP contribution in [0, 0.1) is 0 Å². The minimum Gasteiger partial charge on any atom is -0.463 e. The molecular formula is C14H15Cl2N2O2+. The van der Waals surface area contributed by atoms with Crippen molar-refractivity contribution in [2.24, 2.45) is 0 Å². The third kappa shape index (κ3) is 4.00. The molecule has 6 heteroatoms. The lowest BCUT2D eigenvalue weighted by Gasteiger charge is -2.13. The molecule has 4 nitrogen and oxygen atoms in total. The Balaban J connectivity index is 1.92. The van der Waals surface area contributed by atoms with Gasteiger partial charge in [0.15, 0.2) is 12.3 Å². The quantitative estimate of drug-likeness (QED) is 0.889. The topological polar surface area (TPSA) is 46.7 Å². The lowest BCUT2D eigenvalue weighted by Crippen LogP contribution is -3.08. The van der Waals surface area contributed by atoms with Gasteiger partial charge in [-0.2, -0.15) is 0 Å². The molecule has 1 amide bonds. The Kier molecular flexibility index (Phi) is 5.06. The van der Waals surface area contributed by atoms with Crippen LogP contribution in [-0.2, 0) is 11.3 Å². The number of hydrogen-bond donors (Lipinski definition) is 2. The van der Waals surface area contributed by atoms with E-state index in [-0.39, 0.29) is 5.91 Å². The summed E-state index contributed by atoms with van der Waals surface area (Å²) in [5.74, 6) is 0.690. The molecule has 1 heterocycles. The zero-order chi connectivity index (χ0) is 14.5. The fourth-order valence-electron chi connectivity index (χ4n) is 1.85. The molecule has 2 rings (SSSR count). The zero-order valence-corrected chi connectivity index (χ0v) is 12.5. The number of hydrogen-bond acceptors (Lipinski definition) is 2. The molecule has 0 aliphatic rings. The van der Waals surface area contributed by atoms with E-state index in [2.05, 4.69) is 5.32 Å². The molecule has 0 saturated carbocycles. The summed E-state index contributed by atoms with van der Waals surface area (Å²) in [6.45, 7) is 0.929. The Morgan fingerprint density at radius 2 is 1.95 bits per heavy atom. The van der Waals surface area contributed by atoms with Gasteiger partial charge in [-0.25, -0.2) is 0 Å². The van der Waals surface area contributed by atoms with Gasteiger partial charge in [0.05, 0.1) is 29.0 Å². The second-order valence-electron chi connectivity index (χ2n) is 4.53. The summed E-state index contributed by atoms with van der Waals surface area (Å²) in [6, 6.07) is 8.80. The molecule has 2 aromatic rings. The van der Waals surface area contributed by atoms with Crippen LogP contribution in [0.3, 0.4) is 0 Å². The van der Waals surface area contributed by atoms with Crippen LogP contribution in [0.1, 0.15) is 5.76 Å². The van der Waals surface area contributed by atoms with E-state index >= 15 is 0 Å². The first kappa shape index (κ1) is 14.9. The number of anilines is 1. The Labute approximate surface area is 127 Å². The average molecular weight is 314 g/mol. The van der Waals surface area contributed by atoms with Crippen molar-refractivity contribution in [2.45, 2.75) is 6.54 Å². The van der Waals surface area contributed by atoms with Crippen molar-refractivity contribution < 1.29 is 14.1 Å². The predicted molar refractivity (Wildman–Crippen MR) is 79.3 cm³/mol. The van der Waals surface area contributed by atoms with Crippen LogP contribution in [0.5, 0.6) is 0 Å². The van der Waals surface area contributed by atoms with Crippen molar-refractivity contribution in [3.63, 3.8) is 0 Å². The molecule has 0 bridgehead atoms. The van der Waals surface area contributed by atoms with Crippen LogP contribution >= 0.6 is 23.2 Å². The molecule has 2 N–H and O–H groups in total. The molecular weight excluding hydrogens is 299 g/mol. The smallest absolute Gasteiger partial charge is 0.279 e. The van der Waals surface area contributed by atoms with Crippen LogP contribution in [0.2, 0.25) is 10.0 Å². The van der Waals surface area contributed by atoms with E-state index in [1.165, 1.54) is 0 Å². The van der Waals surface area contributed by atoms with Crippen LogP contribution in [0.25, 0.3) is 0 Å². The van der Waals surface area contributed by atoms with E-state index < -0.39 is 0 Å². The van der Waals surface area contributed by atoms with Crippen LogP contribution in [0.15, 0.2) is 41.0 Å². The summed E-state index contributed by atoms with van der Waals surface area (Å²) in [6.07, 6.45) is 1.62. The first-order valence-electron chi connectivity index (χ1n) is 6.14. The molecule has 0 aliphatic heterocycles. The summed E-state index contributed by atoms with van der Waals surface area (Å²) in [5, 5.41) is 3.59. The van der Waals surface area contributed by atoms with E-state index in [0.29, 0.717) is 28.8 Å². The third-order valence-corrected chi connectivity index (χ3v) is 3.38. The average Bonchev–Trinajstić information content (AvgIpc) is 2.86. The van der Waals surface area contributed by atoms with E-state index in [9.17, 15) is 4.79 Å². The molecule has 0 saturated heterocycles. The van der Waals surface area contributed by atoms with E-state index in [1.807, 2.05) is 19.2 Å². The van der Waals surface area contributed by atoms with E-state index in [4.69, 9.17) is 27.6 Å². The maximum absolute atomic E-state index is 12.0. The third-order valence-electron chi connectivity index (χ3n) is 2.75. The van der Waals surface area contributed by atoms with E-state index in [0.717, 1.165) is 10.7 Å². The van der Waals surface area contributed by atoms with Crippen molar-refractivity contribution in [1.82, 2.24) is 0 Å². The number of nitrogens with one attached hydrogen (secondary N) is 2. The standard InChI is InChI=1S/C14H14Cl2N2O2/c1-18(8-10-4-3-7-20-10)9-13(19)17-14-11(15)5-2-6-12(14)16/h2-7H,8-9H2,1H3,(H,17,19)/p+1. The lowest BCUT2D eigenvalue weighted by atomic mass is 10.3. The van der Waals surface area contributed by atoms with Gasteiger partial charge in [-0.05, 0) is 24.3 Å². The number of halogens is 2. The fraction of sp³-hybridized carbons (Fsp3) is 0.214. The maximum atomic E-state index is 12.0. The van der Waals surface area contributed by atoms with Gasteiger partial charge in [0, 0.05) is 0 Å². The molecule has 106 valence electrons. The minimum atomic E-state index is -0.149. The van der Waals surface area contributed by atoms with Crippen molar-refractivity contribution in [1.29, 1.82) is 0 Å². The number of carbonyl (C=O) groups excluding carboxylic acids is 1. The highest BCUT2D eigenvalue weighted by molar-refractivity contribution is 6.39. The van der Waals surface area contributed by atoms with Gasteiger partial charge in [-0.15, -0.1) is 0 Å². The van der Waals surface area contributed by atoms with Gasteiger partial charge >= 0.3 is 0 Å². The second-order valence-corrected chi connectivity index (χ2v) is 5.35. The molecule has 1 unspecified atom stereocenters. The summed E-state index contributed by atoms with van der Waals surface area (Å²) < 4.78 is 5.25.